The molecular formula is C14H21ClN2O. The van der Waals surface area contributed by atoms with Crippen LogP contribution in [0.3, 0.4) is 0 Å². The summed E-state index contributed by atoms with van der Waals surface area (Å²) in [5, 5.41) is 4.26. The van der Waals surface area contributed by atoms with Gasteiger partial charge in [0.15, 0.2) is 0 Å². The number of nitrogens with one attached hydrogen (secondary N) is 1. The predicted octanol–water partition coefficient (Wildman–Crippen LogP) is 2.42. The number of rotatable bonds is 5. The van der Waals surface area contributed by atoms with Gasteiger partial charge in [0, 0.05) is 30.8 Å². The molecule has 1 aliphatic heterocycles. The highest BCUT2D eigenvalue weighted by Gasteiger charge is 2.18. The van der Waals surface area contributed by atoms with Gasteiger partial charge >= 0.3 is 0 Å². The number of aryl methyl sites for hydroxylation is 1. The van der Waals surface area contributed by atoms with Crippen LogP contribution in [0.25, 0.3) is 0 Å². The van der Waals surface area contributed by atoms with Gasteiger partial charge in [-0.25, -0.2) is 0 Å². The third-order valence-electron chi connectivity index (χ3n) is 3.46. The molecular weight excluding hydrogens is 248 g/mol. The van der Waals surface area contributed by atoms with Gasteiger partial charge in [-0.15, -0.1) is 0 Å². The predicted molar refractivity (Wildman–Crippen MR) is 75.0 cm³/mol. The lowest BCUT2D eigenvalue weighted by Gasteiger charge is -2.21. The summed E-state index contributed by atoms with van der Waals surface area (Å²) in [5.74, 6) is 0. The fraction of sp³-hybridized carbons (Fsp3) is 0.571. The number of ether oxygens (including phenoxy) is 1. The molecule has 1 fully saturated rings. The zero-order valence-electron chi connectivity index (χ0n) is 10.8. The smallest absolute Gasteiger partial charge is 0.0700 e. The quantitative estimate of drug-likeness (QED) is 0.862. The molecule has 0 spiro atoms. The topological polar surface area (TPSA) is 47.3 Å². The molecule has 1 heterocycles. The van der Waals surface area contributed by atoms with Crippen LogP contribution in [0.15, 0.2) is 18.2 Å². The first-order valence-corrected chi connectivity index (χ1v) is 6.89. The fourth-order valence-electron chi connectivity index (χ4n) is 2.43. The maximum absolute atomic E-state index is 5.97. The van der Waals surface area contributed by atoms with Gasteiger partial charge in [0.25, 0.3) is 0 Å². The summed E-state index contributed by atoms with van der Waals surface area (Å²) >= 11 is 5.97. The SMILES string of the molecule is Cc1cc(Cl)ccc1C(CN)NCC1CCCO1. The van der Waals surface area contributed by atoms with Gasteiger partial charge in [-0.3, -0.25) is 0 Å². The van der Waals surface area contributed by atoms with Gasteiger partial charge in [-0.05, 0) is 43.0 Å². The van der Waals surface area contributed by atoms with Crippen molar-refractivity contribution in [2.75, 3.05) is 19.7 Å². The van der Waals surface area contributed by atoms with Crippen molar-refractivity contribution in [2.45, 2.75) is 31.9 Å². The Kier molecular flexibility index (Phi) is 5.01. The summed E-state index contributed by atoms with van der Waals surface area (Å²) in [7, 11) is 0. The van der Waals surface area contributed by atoms with Crippen LogP contribution in [0.5, 0.6) is 0 Å². The van der Waals surface area contributed by atoms with E-state index in [1.54, 1.807) is 0 Å². The minimum Gasteiger partial charge on any atom is -0.377 e. The first-order chi connectivity index (χ1) is 8.70. The molecule has 1 aromatic rings. The standard InChI is InChI=1S/C14H21ClN2O/c1-10-7-11(15)4-5-13(10)14(8-16)17-9-12-3-2-6-18-12/h4-5,7,12,14,17H,2-3,6,8-9,16H2,1H3. The molecule has 0 radical (unpaired) electrons. The normalized spacial score (nSPS) is 21.2. The third kappa shape index (κ3) is 3.45. The van der Waals surface area contributed by atoms with Gasteiger partial charge in [0.2, 0.25) is 0 Å². The number of hydrogen-bond acceptors (Lipinski definition) is 3. The molecule has 1 aliphatic rings. The number of nitrogens with two attached hydrogens (primary N) is 1. The molecule has 0 bridgehead atoms. The van der Waals surface area contributed by atoms with E-state index < -0.39 is 0 Å². The number of hydrogen-bond donors (Lipinski definition) is 2. The van der Waals surface area contributed by atoms with Crippen molar-refractivity contribution in [2.24, 2.45) is 5.73 Å². The van der Waals surface area contributed by atoms with Crippen molar-refractivity contribution in [1.29, 1.82) is 0 Å². The van der Waals surface area contributed by atoms with Crippen LogP contribution in [0.2, 0.25) is 5.02 Å². The molecule has 18 heavy (non-hydrogen) atoms. The Bertz CT molecular complexity index is 391. The van der Waals surface area contributed by atoms with Gasteiger partial charge in [-0.1, -0.05) is 17.7 Å². The molecule has 0 amide bonds. The van der Waals surface area contributed by atoms with Crippen LogP contribution in [0.4, 0.5) is 0 Å². The van der Waals surface area contributed by atoms with E-state index in [0.29, 0.717) is 12.6 Å². The Morgan fingerprint density at radius 1 is 1.56 bits per heavy atom. The average Bonchev–Trinajstić information content (AvgIpc) is 2.85. The molecule has 2 unspecified atom stereocenters. The zero-order chi connectivity index (χ0) is 13.0. The second kappa shape index (κ2) is 6.53. The average molecular weight is 269 g/mol. The molecule has 1 aromatic carbocycles. The third-order valence-corrected chi connectivity index (χ3v) is 3.69. The minimum absolute atomic E-state index is 0.173. The molecule has 100 valence electrons. The summed E-state index contributed by atoms with van der Waals surface area (Å²) < 4.78 is 5.61. The van der Waals surface area contributed by atoms with Crippen LogP contribution in [-0.4, -0.2) is 25.8 Å². The summed E-state index contributed by atoms with van der Waals surface area (Å²) in [6, 6.07) is 6.12. The molecule has 2 rings (SSSR count). The van der Waals surface area contributed by atoms with E-state index in [1.165, 1.54) is 17.5 Å². The maximum atomic E-state index is 5.97. The van der Waals surface area contributed by atoms with Crippen molar-refractivity contribution in [3.63, 3.8) is 0 Å². The van der Waals surface area contributed by atoms with E-state index in [0.717, 1.165) is 24.6 Å². The zero-order valence-corrected chi connectivity index (χ0v) is 11.5. The Balaban J connectivity index is 1.98. The van der Waals surface area contributed by atoms with Gasteiger partial charge < -0.3 is 15.8 Å². The number of halogens is 1. The Labute approximate surface area is 114 Å². The first-order valence-electron chi connectivity index (χ1n) is 6.52. The van der Waals surface area contributed by atoms with Crippen molar-refractivity contribution in [3.8, 4) is 0 Å². The Hall–Kier alpha value is -0.610. The highest BCUT2D eigenvalue weighted by Crippen LogP contribution is 2.21. The second-order valence-electron chi connectivity index (χ2n) is 4.83. The van der Waals surface area contributed by atoms with E-state index in [2.05, 4.69) is 18.3 Å². The summed E-state index contributed by atoms with van der Waals surface area (Å²) in [6.07, 6.45) is 2.65. The monoisotopic (exact) mass is 268 g/mol. The fourth-order valence-corrected chi connectivity index (χ4v) is 2.66. The van der Waals surface area contributed by atoms with Crippen molar-refractivity contribution >= 4 is 11.6 Å². The summed E-state index contributed by atoms with van der Waals surface area (Å²) in [5.41, 5.74) is 8.26. The molecule has 0 aromatic heterocycles. The van der Waals surface area contributed by atoms with Crippen LogP contribution < -0.4 is 11.1 Å². The molecule has 0 saturated carbocycles. The highest BCUT2D eigenvalue weighted by molar-refractivity contribution is 6.30. The largest absolute Gasteiger partial charge is 0.377 e. The lowest BCUT2D eigenvalue weighted by atomic mass is 10.0. The highest BCUT2D eigenvalue weighted by atomic mass is 35.5. The van der Waals surface area contributed by atoms with Crippen LogP contribution in [0.1, 0.15) is 30.0 Å². The van der Waals surface area contributed by atoms with E-state index in [9.17, 15) is 0 Å². The maximum Gasteiger partial charge on any atom is 0.0700 e. The van der Waals surface area contributed by atoms with Crippen molar-refractivity contribution in [3.05, 3.63) is 34.3 Å². The molecule has 2 atom stereocenters. The van der Waals surface area contributed by atoms with Crippen LogP contribution in [-0.2, 0) is 4.74 Å². The van der Waals surface area contributed by atoms with Crippen molar-refractivity contribution in [1.82, 2.24) is 5.32 Å². The van der Waals surface area contributed by atoms with E-state index in [1.807, 2.05) is 12.1 Å². The lowest BCUT2D eigenvalue weighted by Crippen LogP contribution is -2.34. The van der Waals surface area contributed by atoms with Gasteiger partial charge in [0.1, 0.15) is 0 Å². The van der Waals surface area contributed by atoms with E-state index in [-0.39, 0.29) is 6.04 Å². The summed E-state index contributed by atoms with van der Waals surface area (Å²) in [6.45, 7) is 4.40. The summed E-state index contributed by atoms with van der Waals surface area (Å²) in [4.78, 5) is 0. The number of benzene rings is 1. The molecule has 1 saturated heterocycles. The minimum atomic E-state index is 0.173. The van der Waals surface area contributed by atoms with Gasteiger partial charge in [0.05, 0.1) is 6.10 Å². The molecule has 0 aliphatic carbocycles. The second-order valence-corrected chi connectivity index (χ2v) is 5.27. The van der Waals surface area contributed by atoms with Crippen LogP contribution >= 0.6 is 11.6 Å². The van der Waals surface area contributed by atoms with E-state index >= 15 is 0 Å². The Morgan fingerprint density at radius 2 is 2.39 bits per heavy atom. The first kappa shape index (κ1) is 13.8. The van der Waals surface area contributed by atoms with Gasteiger partial charge in [-0.2, -0.15) is 0 Å². The van der Waals surface area contributed by atoms with E-state index in [4.69, 9.17) is 22.1 Å². The molecule has 3 nitrogen and oxygen atoms in total. The molecule has 3 N–H and O–H groups in total. The molecule has 4 heteroatoms. The lowest BCUT2D eigenvalue weighted by molar-refractivity contribution is 0.107. The Morgan fingerprint density at radius 3 is 3.00 bits per heavy atom. The van der Waals surface area contributed by atoms with Crippen LogP contribution in [0, 0.1) is 6.92 Å². The van der Waals surface area contributed by atoms with Crippen molar-refractivity contribution < 1.29 is 4.74 Å².